The lowest BCUT2D eigenvalue weighted by molar-refractivity contribution is 0.521. The van der Waals surface area contributed by atoms with Crippen LogP contribution < -0.4 is 5.69 Å². The molecule has 0 aliphatic heterocycles. The van der Waals surface area contributed by atoms with Crippen molar-refractivity contribution < 1.29 is 8.42 Å². The van der Waals surface area contributed by atoms with E-state index in [1.807, 2.05) is 0 Å². The number of aromatic nitrogens is 4. The van der Waals surface area contributed by atoms with Crippen molar-refractivity contribution in [1.29, 1.82) is 0 Å². The molecule has 0 unspecified atom stereocenters. The van der Waals surface area contributed by atoms with Crippen LogP contribution >= 0.6 is 0 Å². The van der Waals surface area contributed by atoms with Crippen LogP contribution in [0.3, 0.4) is 0 Å². The van der Waals surface area contributed by atoms with Crippen molar-refractivity contribution in [2.45, 2.75) is 4.90 Å². The highest BCUT2D eigenvalue weighted by atomic mass is 32.2. The van der Waals surface area contributed by atoms with Gasteiger partial charge in [0.2, 0.25) is 15.8 Å². The summed E-state index contributed by atoms with van der Waals surface area (Å²) in [4.78, 5) is 21.8. The normalized spacial score (nSPS) is 12.1. The fourth-order valence-electron chi connectivity index (χ4n) is 1.96. The quantitative estimate of drug-likeness (QED) is 0.750. The van der Waals surface area contributed by atoms with E-state index >= 15 is 0 Å². The third-order valence-electron chi connectivity index (χ3n) is 3.18. The zero-order chi connectivity index (χ0) is 15.9. The zero-order valence-electron chi connectivity index (χ0n) is 11.9. The average molecular weight is 319 g/mol. The molecule has 0 fully saturated rings. The molecule has 8 nitrogen and oxygen atoms in total. The first-order valence-corrected chi connectivity index (χ1v) is 7.79. The minimum atomic E-state index is -3.46. The van der Waals surface area contributed by atoms with Crippen LogP contribution in [0, 0.1) is 0 Å². The molecule has 0 aliphatic carbocycles. The molecule has 0 saturated heterocycles. The Hall–Kier alpha value is -2.52. The Labute approximate surface area is 126 Å². The summed E-state index contributed by atoms with van der Waals surface area (Å²) >= 11 is 0. The number of aromatic amines is 1. The lowest BCUT2D eigenvalue weighted by atomic mass is 10.2. The van der Waals surface area contributed by atoms with E-state index < -0.39 is 15.7 Å². The number of sulfonamides is 1. The monoisotopic (exact) mass is 319 g/mol. The van der Waals surface area contributed by atoms with Crippen molar-refractivity contribution in [2.75, 3.05) is 14.1 Å². The summed E-state index contributed by atoms with van der Waals surface area (Å²) in [5.41, 5.74) is 0.872. The Balaban J connectivity index is 2.03. The van der Waals surface area contributed by atoms with E-state index in [4.69, 9.17) is 0 Å². The molecule has 0 aliphatic rings. The van der Waals surface area contributed by atoms with Crippen LogP contribution in [0.15, 0.2) is 46.5 Å². The number of benzene rings is 1. The number of fused-ring (bicyclic) bond motifs is 1. The van der Waals surface area contributed by atoms with Gasteiger partial charge in [-0.1, -0.05) is 12.1 Å². The minimum absolute atomic E-state index is 0.208. The molecule has 2 heterocycles. The molecule has 22 heavy (non-hydrogen) atoms. The highest BCUT2D eigenvalue weighted by Gasteiger charge is 2.17. The molecular formula is C13H13N5O3S. The summed E-state index contributed by atoms with van der Waals surface area (Å²) in [5, 5.41) is 0. The predicted octanol–water partition coefficient (Wildman–Crippen LogP) is 0.335. The lowest BCUT2D eigenvalue weighted by Crippen LogP contribution is -2.22. The molecule has 1 aromatic carbocycles. The van der Waals surface area contributed by atoms with Crippen LogP contribution in [0.5, 0.6) is 0 Å². The van der Waals surface area contributed by atoms with Crippen molar-refractivity contribution in [2.24, 2.45) is 0 Å². The zero-order valence-corrected chi connectivity index (χ0v) is 12.7. The molecular weight excluding hydrogens is 306 g/mol. The molecule has 0 bridgehead atoms. The maximum atomic E-state index is 12.0. The average Bonchev–Trinajstić information content (AvgIpc) is 2.90. The largest absolute Gasteiger partial charge is 0.349 e. The second-order valence-corrected chi connectivity index (χ2v) is 7.00. The maximum absolute atomic E-state index is 12.0. The number of rotatable bonds is 3. The van der Waals surface area contributed by atoms with E-state index in [9.17, 15) is 13.2 Å². The molecule has 3 aromatic rings. The lowest BCUT2D eigenvalue weighted by Gasteiger charge is -2.11. The maximum Gasteiger partial charge on any atom is 0.349 e. The molecule has 0 amide bonds. The Bertz CT molecular complexity index is 986. The van der Waals surface area contributed by atoms with Crippen molar-refractivity contribution in [3.05, 3.63) is 47.3 Å². The van der Waals surface area contributed by atoms with Gasteiger partial charge < -0.3 is 0 Å². The summed E-state index contributed by atoms with van der Waals surface area (Å²) in [7, 11) is -0.494. The Morgan fingerprint density at radius 3 is 2.50 bits per heavy atom. The van der Waals surface area contributed by atoms with E-state index in [-0.39, 0.29) is 4.90 Å². The summed E-state index contributed by atoms with van der Waals surface area (Å²) in [5.74, 6) is 0.375. The van der Waals surface area contributed by atoms with E-state index in [1.165, 1.54) is 32.6 Å². The summed E-state index contributed by atoms with van der Waals surface area (Å²) in [6.45, 7) is 0. The van der Waals surface area contributed by atoms with Gasteiger partial charge >= 0.3 is 5.69 Å². The van der Waals surface area contributed by atoms with E-state index in [0.717, 1.165) is 9.87 Å². The molecule has 0 spiro atoms. The fraction of sp³-hybridized carbons (Fsp3) is 0.154. The predicted molar refractivity (Wildman–Crippen MR) is 79.9 cm³/mol. The summed E-state index contributed by atoms with van der Waals surface area (Å²) in [6, 6.07) is 6.39. The van der Waals surface area contributed by atoms with Crippen molar-refractivity contribution in [3.8, 4) is 11.3 Å². The van der Waals surface area contributed by atoms with Gasteiger partial charge in [-0.15, -0.1) is 0 Å². The van der Waals surface area contributed by atoms with Gasteiger partial charge in [0.25, 0.3) is 0 Å². The second-order valence-electron chi connectivity index (χ2n) is 4.84. The van der Waals surface area contributed by atoms with Crippen molar-refractivity contribution in [1.82, 2.24) is 23.7 Å². The molecule has 1 N–H and O–H groups in total. The van der Waals surface area contributed by atoms with Crippen LogP contribution in [-0.2, 0) is 10.0 Å². The van der Waals surface area contributed by atoms with Gasteiger partial charge in [-0.2, -0.15) is 4.98 Å². The minimum Gasteiger partial charge on any atom is -0.275 e. The number of hydrogen-bond donors (Lipinski definition) is 1. The highest BCUT2D eigenvalue weighted by molar-refractivity contribution is 7.89. The van der Waals surface area contributed by atoms with Gasteiger partial charge in [0.15, 0.2) is 0 Å². The number of imidazole rings is 1. The van der Waals surface area contributed by atoms with Crippen LogP contribution in [-0.4, -0.2) is 46.2 Å². The Morgan fingerprint density at radius 2 is 1.86 bits per heavy atom. The summed E-state index contributed by atoms with van der Waals surface area (Å²) < 4.78 is 26.8. The van der Waals surface area contributed by atoms with E-state index in [0.29, 0.717) is 11.5 Å². The third kappa shape index (κ3) is 2.40. The number of nitrogens with one attached hydrogen (secondary N) is 1. The molecule has 0 atom stereocenters. The fourth-order valence-corrected chi connectivity index (χ4v) is 2.87. The smallest absolute Gasteiger partial charge is 0.275 e. The first-order valence-electron chi connectivity index (χ1n) is 6.35. The standard InChI is InChI=1S/C13H13N5O3S/c1-17(2)22(20,21)10-5-3-9(4-6-10)11-7-18-8-14-13(19)16-12(18)15-11/h3-8H,1-2H3,(H,15,16,19). The molecule has 9 heteroatoms. The first kappa shape index (κ1) is 14.4. The molecule has 0 saturated carbocycles. The SMILES string of the molecule is CN(C)S(=O)(=O)c1ccc(-c2cn3cnc(=O)[nH]c3n2)cc1. The van der Waals surface area contributed by atoms with Gasteiger partial charge in [0.05, 0.1) is 10.6 Å². The van der Waals surface area contributed by atoms with Gasteiger partial charge in [0.1, 0.15) is 6.33 Å². The Morgan fingerprint density at radius 1 is 1.18 bits per heavy atom. The first-order chi connectivity index (χ1) is 10.4. The Kier molecular flexibility index (Phi) is 3.30. The van der Waals surface area contributed by atoms with Crippen LogP contribution in [0.4, 0.5) is 0 Å². The molecule has 0 radical (unpaired) electrons. The molecule has 2 aromatic heterocycles. The number of hydrogen-bond acceptors (Lipinski definition) is 5. The van der Waals surface area contributed by atoms with E-state index in [2.05, 4.69) is 15.0 Å². The number of nitrogens with zero attached hydrogens (tertiary/aromatic N) is 4. The van der Waals surface area contributed by atoms with Gasteiger partial charge in [-0.25, -0.2) is 22.5 Å². The van der Waals surface area contributed by atoms with Gasteiger partial charge in [-0.3, -0.25) is 9.38 Å². The summed E-state index contributed by atoms with van der Waals surface area (Å²) in [6.07, 6.45) is 3.07. The number of H-pyrrole nitrogens is 1. The van der Waals surface area contributed by atoms with Crippen LogP contribution in [0.2, 0.25) is 0 Å². The third-order valence-corrected chi connectivity index (χ3v) is 5.01. The van der Waals surface area contributed by atoms with Crippen LogP contribution in [0.1, 0.15) is 0 Å². The molecule has 3 rings (SSSR count). The van der Waals surface area contributed by atoms with Gasteiger partial charge in [-0.05, 0) is 12.1 Å². The second kappa shape index (κ2) is 5.04. The topological polar surface area (TPSA) is 100 Å². The van der Waals surface area contributed by atoms with E-state index in [1.54, 1.807) is 22.7 Å². The molecule has 114 valence electrons. The van der Waals surface area contributed by atoms with Crippen LogP contribution in [0.25, 0.3) is 17.0 Å². The van der Waals surface area contributed by atoms with Crippen molar-refractivity contribution >= 4 is 15.8 Å². The highest BCUT2D eigenvalue weighted by Crippen LogP contribution is 2.21. The van der Waals surface area contributed by atoms with Gasteiger partial charge in [0, 0.05) is 25.9 Å². The van der Waals surface area contributed by atoms with Crippen molar-refractivity contribution in [3.63, 3.8) is 0 Å².